The highest BCUT2D eigenvalue weighted by atomic mass is 35.5. The van der Waals surface area contributed by atoms with Crippen molar-refractivity contribution in [3.05, 3.63) is 57.8 Å². The Morgan fingerprint density at radius 1 is 1.22 bits per heavy atom. The molecule has 0 atom stereocenters. The van der Waals surface area contributed by atoms with E-state index in [2.05, 4.69) is 4.98 Å². The molecule has 6 heteroatoms. The first-order valence-electron chi connectivity index (χ1n) is 7.34. The summed E-state index contributed by atoms with van der Waals surface area (Å²) >= 11 is 12.0. The average molecular weight is 351 g/mol. The first kappa shape index (κ1) is 16.1. The molecular formula is C17H16Cl2N2O2. The normalized spacial score (nSPS) is 13.7. The van der Waals surface area contributed by atoms with Crippen molar-refractivity contribution in [3.63, 3.8) is 0 Å². The van der Waals surface area contributed by atoms with Gasteiger partial charge in [0.15, 0.2) is 0 Å². The number of hydrogen-bond donors (Lipinski definition) is 0. The zero-order chi connectivity index (χ0) is 16.4. The summed E-state index contributed by atoms with van der Waals surface area (Å²) < 4.78 is 5.16. The summed E-state index contributed by atoms with van der Waals surface area (Å²) in [5.41, 5.74) is 1.24. The molecule has 1 heterocycles. The number of benzene rings is 1. The van der Waals surface area contributed by atoms with E-state index >= 15 is 0 Å². The maximum Gasteiger partial charge on any atom is 0.274 e. The van der Waals surface area contributed by atoms with Crippen molar-refractivity contribution in [2.24, 2.45) is 0 Å². The number of carbonyl (C=O) groups excluding carboxylic acids is 1. The molecule has 120 valence electrons. The van der Waals surface area contributed by atoms with Crippen LogP contribution in [0.1, 0.15) is 28.9 Å². The van der Waals surface area contributed by atoms with Gasteiger partial charge in [0.2, 0.25) is 0 Å². The molecule has 3 rings (SSSR count). The summed E-state index contributed by atoms with van der Waals surface area (Å²) in [5.74, 6) is 0.605. The van der Waals surface area contributed by atoms with Gasteiger partial charge in [-0.2, -0.15) is 0 Å². The Morgan fingerprint density at radius 3 is 2.52 bits per heavy atom. The average Bonchev–Trinajstić information content (AvgIpc) is 3.39. The molecule has 1 aliphatic rings. The van der Waals surface area contributed by atoms with Crippen LogP contribution in [0.2, 0.25) is 10.2 Å². The van der Waals surface area contributed by atoms with Crippen LogP contribution in [-0.2, 0) is 6.54 Å². The maximum absolute atomic E-state index is 12.8. The molecule has 23 heavy (non-hydrogen) atoms. The highest BCUT2D eigenvalue weighted by Gasteiger charge is 2.34. The Kier molecular flexibility index (Phi) is 4.74. The SMILES string of the molecule is COc1ccc(CN(C(=O)c2nc(Cl)ccc2Cl)C2CC2)cc1. The van der Waals surface area contributed by atoms with Crippen molar-refractivity contribution < 1.29 is 9.53 Å². The van der Waals surface area contributed by atoms with E-state index < -0.39 is 0 Å². The first-order valence-corrected chi connectivity index (χ1v) is 8.10. The second-order valence-corrected chi connectivity index (χ2v) is 6.27. The highest BCUT2D eigenvalue weighted by molar-refractivity contribution is 6.34. The number of amides is 1. The van der Waals surface area contributed by atoms with Crippen LogP contribution in [0, 0.1) is 0 Å². The molecule has 0 N–H and O–H groups in total. The Balaban J connectivity index is 1.83. The molecular weight excluding hydrogens is 335 g/mol. The number of carbonyl (C=O) groups is 1. The summed E-state index contributed by atoms with van der Waals surface area (Å²) in [7, 11) is 1.63. The fraction of sp³-hybridized carbons (Fsp3) is 0.294. The van der Waals surface area contributed by atoms with E-state index in [0.29, 0.717) is 11.6 Å². The van der Waals surface area contributed by atoms with Crippen LogP contribution in [0.3, 0.4) is 0 Å². The topological polar surface area (TPSA) is 42.4 Å². The van der Waals surface area contributed by atoms with Crippen LogP contribution in [0.5, 0.6) is 5.75 Å². The predicted octanol–water partition coefficient (Wildman–Crippen LogP) is 4.20. The standard InChI is InChI=1S/C17H16Cl2N2O2/c1-23-13-6-2-11(3-7-13)10-21(12-4-5-12)17(22)16-14(18)8-9-15(19)20-16/h2-3,6-9,12H,4-5,10H2,1H3. The van der Waals surface area contributed by atoms with Crippen LogP contribution in [0.4, 0.5) is 0 Å². The van der Waals surface area contributed by atoms with Gasteiger partial charge in [0.25, 0.3) is 5.91 Å². The number of hydrogen-bond acceptors (Lipinski definition) is 3. The lowest BCUT2D eigenvalue weighted by Crippen LogP contribution is -2.33. The van der Waals surface area contributed by atoms with Gasteiger partial charge < -0.3 is 9.64 Å². The van der Waals surface area contributed by atoms with Gasteiger partial charge in [-0.05, 0) is 42.7 Å². The fourth-order valence-electron chi connectivity index (χ4n) is 2.38. The molecule has 0 bridgehead atoms. The van der Waals surface area contributed by atoms with Gasteiger partial charge in [-0.15, -0.1) is 0 Å². The third-order valence-electron chi connectivity index (χ3n) is 3.78. The fourth-order valence-corrected chi connectivity index (χ4v) is 2.72. The maximum atomic E-state index is 12.8. The van der Waals surface area contributed by atoms with Crippen LogP contribution >= 0.6 is 23.2 Å². The second-order valence-electron chi connectivity index (χ2n) is 5.48. The molecule has 0 saturated heterocycles. The minimum atomic E-state index is -0.184. The molecule has 1 fully saturated rings. The summed E-state index contributed by atoms with van der Waals surface area (Å²) in [6.45, 7) is 0.512. The predicted molar refractivity (Wildman–Crippen MR) is 90.1 cm³/mol. The molecule has 1 aromatic carbocycles. The molecule has 4 nitrogen and oxygen atoms in total. The first-order chi connectivity index (χ1) is 11.1. The van der Waals surface area contributed by atoms with Gasteiger partial charge in [0, 0.05) is 12.6 Å². The summed E-state index contributed by atoms with van der Waals surface area (Å²) in [4.78, 5) is 18.7. The lowest BCUT2D eigenvalue weighted by molar-refractivity contribution is 0.0724. The number of ether oxygens (including phenoxy) is 1. The molecule has 0 spiro atoms. The van der Waals surface area contributed by atoms with E-state index in [-0.39, 0.29) is 22.8 Å². The zero-order valence-corrected chi connectivity index (χ0v) is 14.1. The minimum Gasteiger partial charge on any atom is -0.497 e. The van der Waals surface area contributed by atoms with E-state index in [9.17, 15) is 4.79 Å². The quantitative estimate of drug-likeness (QED) is 0.758. The number of pyridine rings is 1. The van der Waals surface area contributed by atoms with Gasteiger partial charge in [-0.3, -0.25) is 4.79 Å². The van der Waals surface area contributed by atoms with E-state index in [4.69, 9.17) is 27.9 Å². The third-order valence-corrected chi connectivity index (χ3v) is 4.29. The van der Waals surface area contributed by atoms with E-state index in [1.807, 2.05) is 29.2 Å². The smallest absolute Gasteiger partial charge is 0.274 e. The number of halogens is 2. The molecule has 1 saturated carbocycles. The number of rotatable bonds is 5. The Hall–Kier alpha value is -1.78. The Labute approximate surface area is 145 Å². The van der Waals surface area contributed by atoms with Gasteiger partial charge in [0.1, 0.15) is 16.6 Å². The molecule has 1 amide bonds. The molecule has 0 aliphatic heterocycles. The van der Waals surface area contributed by atoms with Gasteiger partial charge in [-0.25, -0.2) is 4.98 Å². The van der Waals surface area contributed by atoms with Crippen LogP contribution < -0.4 is 4.74 Å². The largest absolute Gasteiger partial charge is 0.497 e. The van der Waals surface area contributed by atoms with Crippen molar-refractivity contribution in [2.45, 2.75) is 25.4 Å². The molecule has 2 aromatic rings. The van der Waals surface area contributed by atoms with Gasteiger partial charge in [-0.1, -0.05) is 35.3 Å². The lowest BCUT2D eigenvalue weighted by Gasteiger charge is -2.22. The third kappa shape index (κ3) is 3.77. The van der Waals surface area contributed by atoms with E-state index in [0.717, 1.165) is 24.2 Å². The molecule has 0 radical (unpaired) electrons. The number of methoxy groups -OCH3 is 1. The van der Waals surface area contributed by atoms with E-state index in [1.54, 1.807) is 19.2 Å². The molecule has 0 unspecified atom stereocenters. The second kappa shape index (κ2) is 6.77. The van der Waals surface area contributed by atoms with Crippen molar-refractivity contribution >= 4 is 29.1 Å². The van der Waals surface area contributed by atoms with Crippen LogP contribution in [0.25, 0.3) is 0 Å². The summed E-state index contributed by atoms with van der Waals surface area (Å²) in [6.07, 6.45) is 2.00. The Morgan fingerprint density at radius 2 is 1.91 bits per heavy atom. The zero-order valence-electron chi connectivity index (χ0n) is 12.6. The van der Waals surface area contributed by atoms with Crippen molar-refractivity contribution in [1.29, 1.82) is 0 Å². The lowest BCUT2D eigenvalue weighted by atomic mass is 10.2. The van der Waals surface area contributed by atoms with Gasteiger partial charge >= 0.3 is 0 Å². The van der Waals surface area contributed by atoms with Crippen molar-refractivity contribution in [2.75, 3.05) is 7.11 Å². The summed E-state index contributed by atoms with van der Waals surface area (Å²) in [6, 6.07) is 11.1. The number of aromatic nitrogens is 1. The summed E-state index contributed by atoms with van der Waals surface area (Å²) in [5, 5.41) is 0.581. The van der Waals surface area contributed by atoms with Crippen LogP contribution in [0.15, 0.2) is 36.4 Å². The molecule has 1 aliphatic carbocycles. The monoisotopic (exact) mass is 350 g/mol. The van der Waals surface area contributed by atoms with Gasteiger partial charge in [0.05, 0.1) is 12.1 Å². The molecule has 1 aromatic heterocycles. The van der Waals surface area contributed by atoms with Crippen molar-refractivity contribution in [3.8, 4) is 5.75 Å². The van der Waals surface area contributed by atoms with Crippen molar-refractivity contribution in [1.82, 2.24) is 9.88 Å². The number of nitrogens with zero attached hydrogens (tertiary/aromatic N) is 2. The minimum absolute atomic E-state index is 0.184. The van der Waals surface area contributed by atoms with E-state index in [1.165, 1.54) is 0 Å². The van der Waals surface area contributed by atoms with Crippen LogP contribution in [-0.4, -0.2) is 28.9 Å². The Bertz CT molecular complexity index is 715. The highest BCUT2D eigenvalue weighted by Crippen LogP contribution is 2.31.